The molecule has 0 saturated carbocycles. The molecule has 3 nitrogen and oxygen atoms in total. The van der Waals surface area contributed by atoms with Crippen LogP contribution in [0.5, 0.6) is 0 Å². The zero-order chi connectivity index (χ0) is 14.4. The van der Waals surface area contributed by atoms with Crippen LogP contribution in [-0.2, 0) is 11.2 Å². The van der Waals surface area contributed by atoms with Gasteiger partial charge in [0.1, 0.15) is 11.3 Å². The summed E-state index contributed by atoms with van der Waals surface area (Å²) < 4.78 is 5.82. The standard InChI is InChI=1S/C16H19ClN2O/c1-3-8-13-11-14(17)19-16(18-13)15(20-4-2)12-9-6-5-7-10-12/h5-7,9-11,15H,3-4,8H2,1-2H3. The summed E-state index contributed by atoms with van der Waals surface area (Å²) in [4.78, 5) is 8.94. The van der Waals surface area contributed by atoms with Gasteiger partial charge in [0.05, 0.1) is 0 Å². The van der Waals surface area contributed by atoms with E-state index in [0.717, 1.165) is 24.1 Å². The van der Waals surface area contributed by atoms with E-state index in [9.17, 15) is 0 Å². The van der Waals surface area contributed by atoms with E-state index in [4.69, 9.17) is 16.3 Å². The average Bonchev–Trinajstić information content (AvgIpc) is 2.45. The van der Waals surface area contributed by atoms with Gasteiger partial charge in [-0.05, 0) is 25.0 Å². The quantitative estimate of drug-likeness (QED) is 0.748. The number of benzene rings is 1. The SMILES string of the molecule is CCCc1cc(Cl)nc(C(OCC)c2ccccc2)n1. The van der Waals surface area contributed by atoms with Gasteiger partial charge in [-0.1, -0.05) is 55.3 Å². The lowest BCUT2D eigenvalue weighted by Crippen LogP contribution is -2.12. The van der Waals surface area contributed by atoms with Crippen LogP contribution in [0.3, 0.4) is 0 Å². The molecule has 1 aromatic heterocycles. The number of nitrogens with zero attached hydrogens (tertiary/aromatic N) is 2. The Labute approximate surface area is 125 Å². The molecule has 0 N–H and O–H groups in total. The highest BCUT2D eigenvalue weighted by Gasteiger charge is 2.18. The maximum absolute atomic E-state index is 6.11. The van der Waals surface area contributed by atoms with E-state index in [0.29, 0.717) is 17.6 Å². The summed E-state index contributed by atoms with van der Waals surface area (Å²) in [5, 5.41) is 0.471. The first kappa shape index (κ1) is 14.9. The van der Waals surface area contributed by atoms with E-state index in [1.54, 1.807) is 0 Å². The van der Waals surface area contributed by atoms with Gasteiger partial charge < -0.3 is 4.74 Å². The molecule has 1 atom stereocenters. The smallest absolute Gasteiger partial charge is 0.163 e. The van der Waals surface area contributed by atoms with Crippen molar-refractivity contribution in [1.82, 2.24) is 9.97 Å². The molecule has 20 heavy (non-hydrogen) atoms. The van der Waals surface area contributed by atoms with E-state index in [-0.39, 0.29) is 6.10 Å². The molecule has 0 fully saturated rings. The predicted octanol–water partition coefficient (Wildman–Crippen LogP) is 4.21. The second kappa shape index (κ2) is 7.36. The fourth-order valence-corrected chi connectivity index (χ4v) is 2.31. The van der Waals surface area contributed by atoms with Crippen molar-refractivity contribution in [3.63, 3.8) is 0 Å². The van der Waals surface area contributed by atoms with Gasteiger partial charge >= 0.3 is 0 Å². The van der Waals surface area contributed by atoms with Crippen molar-refractivity contribution in [2.45, 2.75) is 32.8 Å². The lowest BCUT2D eigenvalue weighted by Gasteiger charge is -2.17. The molecule has 0 aliphatic rings. The molecule has 106 valence electrons. The minimum atomic E-state index is -0.268. The molecule has 0 radical (unpaired) electrons. The van der Waals surface area contributed by atoms with Gasteiger partial charge in [-0.2, -0.15) is 0 Å². The minimum absolute atomic E-state index is 0.268. The summed E-state index contributed by atoms with van der Waals surface area (Å²) in [5.41, 5.74) is 2.00. The molecular formula is C16H19ClN2O. The number of aryl methyl sites for hydroxylation is 1. The molecule has 0 bridgehead atoms. The molecule has 0 amide bonds. The maximum Gasteiger partial charge on any atom is 0.163 e. The number of ether oxygens (including phenoxy) is 1. The Kier molecular flexibility index (Phi) is 5.50. The third-order valence-corrected chi connectivity index (χ3v) is 3.14. The van der Waals surface area contributed by atoms with E-state index < -0.39 is 0 Å². The summed E-state index contributed by atoms with van der Waals surface area (Å²) in [6.45, 7) is 4.68. The Balaban J connectivity index is 2.38. The highest BCUT2D eigenvalue weighted by atomic mass is 35.5. The normalized spacial score (nSPS) is 12.3. The predicted molar refractivity (Wildman–Crippen MR) is 80.9 cm³/mol. The van der Waals surface area contributed by atoms with Crippen LogP contribution in [0.25, 0.3) is 0 Å². The summed E-state index contributed by atoms with van der Waals surface area (Å²) in [6.07, 6.45) is 1.65. The highest BCUT2D eigenvalue weighted by molar-refractivity contribution is 6.29. The zero-order valence-corrected chi connectivity index (χ0v) is 12.6. The van der Waals surface area contributed by atoms with Gasteiger partial charge in [-0.15, -0.1) is 0 Å². The van der Waals surface area contributed by atoms with Gasteiger partial charge in [0.2, 0.25) is 0 Å². The van der Waals surface area contributed by atoms with Crippen molar-refractivity contribution in [3.05, 3.63) is 58.6 Å². The number of rotatable bonds is 6. The lowest BCUT2D eigenvalue weighted by atomic mass is 10.1. The van der Waals surface area contributed by atoms with Gasteiger partial charge in [0, 0.05) is 12.3 Å². The Bertz CT molecular complexity index is 545. The van der Waals surface area contributed by atoms with Gasteiger partial charge in [0.15, 0.2) is 5.82 Å². The third kappa shape index (κ3) is 3.78. The number of hydrogen-bond acceptors (Lipinski definition) is 3. The fraction of sp³-hybridized carbons (Fsp3) is 0.375. The molecule has 1 aromatic carbocycles. The van der Waals surface area contributed by atoms with Crippen LogP contribution in [0.1, 0.15) is 43.5 Å². The van der Waals surface area contributed by atoms with Crippen LogP contribution in [-0.4, -0.2) is 16.6 Å². The summed E-state index contributed by atoms with van der Waals surface area (Å²) in [7, 11) is 0. The maximum atomic E-state index is 6.11. The number of halogens is 1. The Hall–Kier alpha value is -1.45. The molecular weight excluding hydrogens is 272 g/mol. The van der Waals surface area contributed by atoms with Crippen LogP contribution in [0.2, 0.25) is 5.15 Å². The van der Waals surface area contributed by atoms with Crippen molar-refractivity contribution in [2.24, 2.45) is 0 Å². The van der Waals surface area contributed by atoms with E-state index in [2.05, 4.69) is 16.9 Å². The third-order valence-electron chi connectivity index (χ3n) is 2.94. The number of aromatic nitrogens is 2. The molecule has 1 heterocycles. The molecule has 2 rings (SSSR count). The van der Waals surface area contributed by atoms with Crippen molar-refractivity contribution >= 4 is 11.6 Å². The van der Waals surface area contributed by atoms with Crippen molar-refractivity contribution < 1.29 is 4.74 Å². The first-order valence-electron chi connectivity index (χ1n) is 6.94. The van der Waals surface area contributed by atoms with Gasteiger partial charge in [0.25, 0.3) is 0 Å². The first-order chi connectivity index (χ1) is 9.74. The molecule has 0 aliphatic carbocycles. The zero-order valence-electron chi connectivity index (χ0n) is 11.8. The largest absolute Gasteiger partial charge is 0.366 e. The summed E-state index contributed by atoms with van der Waals surface area (Å²) in [5.74, 6) is 0.633. The van der Waals surface area contributed by atoms with E-state index in [1.807, 2.05) is 43.3 Å². The Morgan fingerprint density at radius 1 is 1.15 bits per heavy atom. The second-order valence-electron chi connectivity index (χ2n) is 4.54. The molecule has 1 unspecified atom stereocenters. The van der Waals surface area contributed by atoms with E-state index >= 15 is 0 Å². The van der Waals surface area contributed by atoms with Crippen LogP contribution in [0, 0.1) is 0 Å². The molecule has 2 aromatic rings. The van der Waals surface area contributed by atoms with Crippen molar-refractivity contribution in [2.75, 3.05) is 6.61 Å². The molecule has 4 heteroatoms. The van der Waals surface area contributed by atoms with Gasteiger partial charge in [-0.3, -0.25) is 0 Å². The second-order valence-corrected chi connectivity index (χ2v) is 4.92. The fourth-order valence-electron chi connectivity index (χ4n) is 2.10. The Morgan fingerprint density at radius 2 is 1.90 bits per heavy atom. The molecule has 0 spiro atoms. The van der Waals surface area contributed by atoms with Crippen LogP contribution in [0.4, 0.5) is 0 Å². The summed E-state index contributed by atoms with van der Waals surface area (Å²) in [6, 6.07) is 11.8. The average molecular weight is 291 g/mol. The topological polar surface area (TPSA) is 35.0 Å². The van der Waals surface area contributed by atoms with Crippen LogP contribution < -0.4 is 0 Å². The van der Waals surface area contributed by atoms with Crippen LogP contribution in [0.15, 0.2) is 36.4 Å². The lowest BCUT2D eigenvalue weighted by molar-refractivity contribution is 0.0849. The Morgan fingerprint density at radius 3 is 2.55 bits per heavy atom. The van der Waals surface area contributed by atoms with Crippen molar-refractivity contribution in [3.8, 4) is 0 Å². The van der Waals surface area contributed by atoms with Gasteiger partial charge in [-0.25, -0.2) is 9.97 Å². The highest BCUT2D eigenvalue weighted by Crippen LogP contribution is 2.24. The number of hydrogen-bond donors (Lipinski definition) is 0. The van der Waals surface area contributed by atoms with Crippen molar-refractivity contribution in [1.29, 1.82) is 0 Å². The summed E-state index contributed by atoms with van der Waals surface area (Å²) >= 11 is 6.11. The monoisotopic (exact) mass is 290 g/mol. The van der Waals surface area contributed by atoms with E-state index in [1.165, 1.54) is 0 Å². The molecule has 0 saturated heterocycles. The molecule has 0 aliphatic heterocycles. The van der Waals surface area contributed by atoms with Crippen LogP contribution >= 0.6 is 11.6 Å². The first-order valence-corrected chi connectivity index (χ1v) is 7.32. The minimum Gasteiger partial charge on any atom is -0.366 e.